The number of carbonyl (C=O) groups is 1. The summed E-state index contributed by atoms with van der Waals surface area (Å²) >= 11 is 0. The lowest BCUT2D eigenvalue weighted by Crippen LogP contribution is -2.39. The number of hydrazone groups is 1. The van der Waals surface area contributed by atoms with Crippen LogP contribution in [-0.2, 0) is 0 Å². The predicted molar refractivity (Wildman–Crippen MR) is 123 cm³/mol. The molecular formula is C23H20N4O7. The van der Waals surface area contributed by atoms with Crippen LogP contribution in [0.5, 0.6) is 23.0 Å². The van der Waals surface area contributed by atoms with Gasteiger partial charge in [-0.25, -0.2) is 5.01 Å². The van der Waals surface area contributed by atoms with Gasteiger partial charge in [-0.15, -0.1) is 0 Å². The number of amides is 1. The molecule has 3 aromatic carbocycles. The molecule has 174 valence electrons. The van der Waals surface area contributed by atoms with Crippen LogP contribution in [0, 0.1) is 10.1 Å². The summed E-state index contributed by atoms with van der Waals surface area (Å²) in [5.74, 6) is -0.202. The highest BCUT2D eigenvalue weighted by Gasteiger charge is 2.34. The summed E-state index contributed by atoms with van der Waals surface area (Å²) in [6.07, 6.45) is 0.550. The Morgan fingerprint density at radius 3 is 2.38 bits per heavy atom. The average Bonchev–Trinajstić information content (AvgIpc) is 2.84. The lowest BCUT2D eigenvalue weighted by molar-refractivity contribution is -0.384. The number of phenolic OH excluding ortho intramolecular Hbond substituents is 2. The van der Waals surface area contributed by atoms with E-state index in [1.807, 2.05) is 0 Å². The van der Waals surface area contributed by atoms with Crippen molar-refractivity contribution in [3.63, 3.8) is 0 Å². The van der Waals surface area contributed by atoms with Gasteiger partial charge in [0.25, 0.3) is 11.6 Å². The first-order valence-electron chi connectivity index (χ1n) is 9.98. The summed E-state index contributed by atoms with van der Waals surface area (Å²) in [5, 5.41) is 39.6. The summed E-state index contributed by atoms with van der Waals surface area (Å²) in [6.45, 7) is 0. The molecule has 0 saturated heterocycles. The molecule has 0 radical (unpaired) electrons. The van der Waals surface area contributed by atoms with E-state index in [1.165, 1.54) is 61.8 Å². The smallest absolute Gasteiger partial charge is 0.278 e. The van der Waals surface area contributed by atoms with Gasteiger partial charge in [0.15, 0.2) is 29.2 Å². The molecule has 0 aliphatic carbocycles. The number of ether oxygens (including phenoxy) is 2. The third-order valence-corrected chi connectivity index (χ3v) is 5.24. The molecule has 0 aromatic heterocycles. The molecule has 4 rings (SSSR count). The van der Waals surface area contributed by atoms with Gasteiger partial charge in [-0.05, 0) is 42.0 Å². The van der Waals surface area contributed by atoms with Crippen molar-refractivity contribution >= 4 is 23.5 Å². The second-order valence-corrected chi connectivity index (χ2v) is 7.29. The highest BCUT2D eigenvalue weighted by molar-refractivity contribution is 6.02. The lowest BCUT2D eigenvalue weighted by Gasteiger charge is -2.34. The first kappa shape index (κ1) is 22.4. The van der Waals surface area contributed by atoms with E-state index in [1.54, 1.807) is 18.2 Å². The van der Waals surface area contributed by atoms with E-state index in [0.29, 0.717) is 11.1 Å². The fourth-order valence-electron chi connectivity index (χ4n) is 3.51. The minimum absolute atomic E-state index is 0.0417. The number of phenols is 2. The second-order valence-electron chi connectivity index (χ2n) is 7.29. The van der Waals surface area contributed by atoms with E-state index in [9.17, 15) is 25.1 Å². The van der Waals surface area contributed by atoms with Crippen LogP contribution in [0.4, 0.5) is 11.4 Å². The van der Waals surface area contributed by atoms with Gasteiger partial charge >= 0.3 is 0 Å². The standard InChI is InChI=1S/C23H20N4O7/c1-33-20-9-13(3-7-18(20)28)12-24-26-22(14-4-8-19(29)21(10-14)34-2)25-17-11-15(27(31)32)5-6-16(17)23(26)30/h3-12,22,25,28-29H,1-2H3/b24-12+/t22-/m0/s1. The zero-order chi connectivity index (χ0) is 24.4. The lowest BCUT2D eigenvalue weighted by atomic mass is 10.0. The van der Waals surface area contributed by atoms with Crippen molar-refractivity contribution in [3.8, 4) is 23.0 Å². The highest BCUT2D eigenvalue weighted by Crippen LogP contribution is 2.38. The number of aromatic hydroxyl groups is 2. The molecule has 1 aliphatic rings. The number of nitrogens with zero attached hydrogens (tertiary/aromatic N) is 3. The largest absolute Gasteiger partial charge is 0.504 e. The highest BCUT2D eigenvalue weighted by atomic mass is 16.6. The van der Waals surface area contributed by atoms with Crippen molar-refractivity contribution in [1.82, 2.24) is 5.01 Å². The quantitative estimate of drug-likeness (QED) is 0.285. The Balaban J connectivity index is 1.79. The SMILES string of the molecule is COc1cc(/C=N/N2C(=O)c3ccc([N+](=O)[O-])cc3N[C@@H]2c2ccc(O)c(OC)c2)ccc1O. The number of nitrogens with one attached hydrogen (secondary N) is 1. The number of hydrogen-bond acceptors (Lipinski definition) is 9. The number of hydrogen-bond donors (Lipinski definition) is 3. The van der Waals surface area contributed by atoms with E-state index in [-0.39, 0.29) is 39.9 Å². The van der Waals surface area contributed by atoms with E-state index >= 15 is 0 Å². The molecule has 0 fully saturated rings. The molecule has 11 nitrogen and oxygen atoms in total. The Morgan fingerprint density at radius 2 is 1.71 bits per heavy atom. The van der Waals surface area contributed by atoms with Crippen molar-refractivity contribution in [2.24, 2.45) is 5.10 Å². The van der Waals surface area contributed by atoms with Gasteiger partial charge < -0.3 is 25.0 Å². The summed E-state index contributed by atoms with van der Waals surface area (Å²) in [5.41, 5.74) is 1.37. The maximum absolute atomic E-state index is 13.4. The number of nitro benzene ring substituents is 1. The second kappa shape index (κ2) is 8.98. The van der Waals surface area contributed by atoms with Crippen molar-refractivity contribution in [1.29, 1.82) is 0 Å². The van der Waals surface area contributed by atoms with E-state index in [2.05, 4.69) is 10.4 Å². The van der Waals surface area contributed by atoms with Crippen LogP contribution in [0.2, 0.25) is 0 Å². The van der Waals surface area contributed by atoms with Gasteiger partial charge in [-0.1, -0.05) is 6.07 Å². The molecule has 34 heavy (non-hydrogen) atoms. The Hall–Kier alpha value is -4.80. The number of anilines is 1. The van der Waals surface area contributed by atoms with E-state index < -0.39 is 17.0 Å². The monoisotopic (exact) mass is 464 g/mol. The first-order valence-corrected chi connectivity index (χ1v) is 9.98. The van der Waals surface area contributed by atoms with Crippen molar-refractivity contribution in [2.75, 3.05) is 19.5 Å². The van der Waals surface area contributed by atoms with Crippen LogP contribution in [0.25, 0.3) is 0 Å². The summed E-state index contributed by atoms with van der Waals surface area (Å²) < 4.78 is 10.3. The van der Waals surface area contributed by atoms with E-state index in [0.717, 1.165) is 0 Å². The van der Waals surface area contributed by atoms with Gasteiger partial charge in [0.2, 0.25) is 0 Å². The molecule has 1 atom stereocenters. The van der Waals surface area contributed by atoms with Crippen molar-refractivity contribution < 1.29 is 29.4 Å². The van der Waals surface area contributed by atoms with Gasteiger partial charge in [-0.3, -0.25) is 14.9 Å². The van der Waals surface area contributed by atoms with Crippen molar-refractivity contribution in [3.05, 3.63) is 81.4 Å². The Morgan fingerprint density at radius 1 is 1.03 bits per heavy atom. The maximum Gasteiger partial charge on any atom is 0.278 e. The van der Waals surface area contributed by atoms with Gasteiger partial charge in [0.1, 0.15) is 0 Å². The van der Waals surface area contributed by atoms with Crippen LogP contribution in [0.3, 0.4) is 0 Å². The zero-order valence-corrected chi connectivity index (χ0v) is 18.1. The molecule has 3 aromatic rings. The Kier molecular flexibility index (Phi) is 5.92. The molecule has 3 N–H and O–H groups in total. The fourth-order valence-corrected chi connectivity index (χ4v) is 3.51. The van der Waals surface area contributed by atoms with Crippen LogP contribution in [0.15, 0.2) is 59.7 Å². The number of benzene rings is 3. The van der Waals surface area contributed by atoms with E-state index in [4.69, 9.17) is 9.47 Å². The zero-order valence-electron chi connectivity index (χ0n) is 18.1. The van der Waals surface area contributed by atoms with Crippen LogP contribution >= 0.6 is 0 Å². The maximum atomic E-state index is 13.4. The molecule has 1 amide bonds. The molecule has 0 bridgehead atoms. The number of nitro groups is 1. The molecule has 11 heteroatoms. The molecular weight excluding hydrogens is 444 g/mol. The molecule has 1 aliphatic heterocycles. The summed E-state index contributed by atoms with van der Waals surface area (Å²) in [7, 11) is 2.81. The van der Waals surface area contributed by atoms with Crippen molar-refractivity contribution in [2.45, 2.75) is 6.17 Å². The van der Waals surface area contributed by atoms with Crippen LogP contribution in [-0.4, -0.2) is 46.5 Å². The number of non-ortho nitro benzene ring substituents is 1. The number of fused-ring (bicyclic) bond motifs is 1. The normalized spacial score (nSPS) is 15.1. The molecule has 0 saturated carbocycles. The Bertz CT molecular complexity index is 1310. The minimum atomic E-state index is -0.869. The number of rotatable bonds is 6. The summed E-state index contributed by atoms with van der Waals surface area (Å²) in [6, 6.07) is 13.0. The predicted octanol–water partition coefficient (Wildman–Crippen LogP) is 3.62. The number of methoxy groups -OCH3 is 2. The summed E-state index contributed by atoms with van der Waals surface area (Å²) in [4.78, 5) is 24.0. The number of carbonyl (C=O) groups excluding carboxylic acids is 1. The average molecular weight is 464 g/mol. The molecule has 0 spiro atoms. The molecule has 1 heterocycles. The first-order chi connectivity index (χ1) is 16.3. The third-order valence-electron chi connectivity index (χ3n) is 5.24. The van der Waals surface area contributed by atoms with Gasteiger partial charge in [0, 0.05) is 17.7 Å². The van der Waals surface area contributed by atoms with Crippen LogP contribution in [0.1, 0.15) is 27.7 Å². The fraction of sp³-hybridized carbons (Fsp3) is 0.130. The topological polar surface area (TPSA) is 147 Å². The van der Waals surface area contributed by atoms with Gasteiger partial charge in [-0.2, -0.15) is 5.10 Å². The Labute approximate surface area is 193 Å². The third kappa shape index (κ3) is 4.13. The van der Waals surface area contributed by atoms with Gasteiger partial charge in [0.05, 0.1) is 36.6 Å². The van der Waals surface area contributed by atoms with Crippen LogP contribution < -0.4 is 14.8 Å². The minimum Gasteiger partial charge on any atom is -0.504 e. The molecule has 0 unspecified atom stereocenters.